The number of hydrogen-bond acceptors (Lipinski definition) is 2. The normalized spacial score (nSPS) is 13.5. The maximum absolute atomic E-state index is 10.5. The van der Waals surface area contributed by atoms with Crippen molar-refractivity contribution in [3.05, 3.63) is 96.1 Å². The number of benzene rings is 3. The second-order valence-electron chi connectivity index (χ2n) is 5.77. The molecule has 116 valence electrons. The summed E-state index contributed by atoms with van der Waals surface area (Å²) in [6.07, 6.45) is -0.0548. The Hall–Kier alpha value is -2.42. The van der Waals surface area contributed by atoms with Crippen LogP contribution in [0.3, 0.4) is 0 Å². The van der Waals surface area contributed by atoms with Gasteiger partial charge in [0.25, 0.3) is 0 Å². The third-order valence-electron chi connectivity index (χ3n) is 4.08. The number of aliphatic hydroxyl groups is 1. The van der Waals surface area contributed by atoms with E-state index in [0.29, 0.717) is 6.42 Å². The Balaban J connectivity index is 1.78. The summed E-state index contributed by atoms with van der Waals surface area (Å²) in [5.74, 6) is 0. The summed E-state index contributed by atoms with van der Waals surface area (Å²) < 4.78 is 0. The van der Waals surface area contributed by atoms with Crippen molar-refractivity contribution in [1.29, 1.82) is 0 Å². The monoisotopic (exact) mass is 303 g/mol. The Kier molecular flexibility index (Phi) is 4.86. The van der Waals surface area contributed by atoms with Crippen molar-refractivity contribution < 1.29 is 5.11 Å². The molecule has 2 nitrogen and oxygen atoms in total. The molecule has 0 saturated carbocycles. The first kappa shape index (κ1) is 15.5. The molecule has 0 aliphatic rings. The van der Waals surface area contributed by atoms with E-state index in [2.05, 4.69) is 24.3 Å². The van der Waals surface area contributed by atoms with Crippen molar-refractivity contribution in [2.45, 2.75) is 18.6 Å². The van der Waals surface area contributed by atoms with E-state index in [4.69, 9.17) is 5.73 Å². The highest BCUT2D eigenvalue weighted by Crippen LogP contribution is 2.24. The van der Waals surface area contributed by atoms with Crippen LogP contribution in [0.15, 0.2) is 84.9 Å². The molecule has 3 aromatic carbocycles. The topological polar surface area (TPSA) is 46.2 Å². The molecule has 0 heterocycles. The van der Waals surface area contributed by atoms with Crippen LogP contribution >= 0.6 is 0 Å². The van der Waals surface area contributed by atoms with Gasteiger partial charge in [0, 0.05) is 6.42 Å². The highest BCUT2D eigenvalue weighted by molar-refractivity contribution is 5.64. The van der Waals surface area contributed by atoms with E-state index in [0.717, 1.165) is 22.3 Å². The summed E-state index contributed by atoms with van der Waals surface area (Å²) in [5.41, 5.74) is 10.6. The lowest BCUT2D eigenvalue weighted by Crippen LogP contribution is -2.28. The molecule has 3 rings (SSSR count). The molecule has 0 unspecified atom stereocenters. The molecule has 0 aliphatic carbocycles. The molecule has 0 fully saturated rings. The van der Waals surface area contributed by atoms with Gasteiger partial charge in [0.2, 0.25) is 0 Å². The Morgan fingerprint density at radius 3 is 2.04 bits per heavy atom. The first-order valence-corrected chi connectivity index (χ1v) is 7.87. The van der Waals surface area contributed by atoms with Crippen LogP contribution in [0, 0.1) is 0 Å². The van der Waals surface area contributed by atoms with Gasteiger partial charge in [0.15, 0.2) is 0 Å². The van der Waals surface area contributed by atoms with Crippen molar-refractivity contribution in [1.82, 2.24) is 0 Å². The minimum Gasteiger partial charge on any atom is -0.391 e. The van der Waals surface area contributed by atoms with Crippen LogP contribution in [-0.4, -0.2) is 11.2 Å². The molecule has 2 heteroatoms. The first-order chi connectivity index (χ1) is 11.2. The van der Waals surface area contributed by atoms with Gasteiger partial charge in [-0.05, 0) is 28.3 Å². The van der Waals surface area contributed by atoms with Gasteiger partial charge in [0.1, 0.15) is 0 Å². The molecule has 3 N–H and O–H groups in total. The molecule has 23 heavy (non-hydrogen) atoms. The quantitative estimate of drug-likeness (QED) is 0.749. The minimum absolute atomic E-state index is 0.404. The van der Waals surface area contributed by atoms with Gasteiger partial charge in [-0.15, -0.1) is 0 Å². The molecule has 3 aromatic rings. The van der Waals surface area contributed by atoms with E-state index in [1.165, 1.54) is 0 Å². The van der Waals surface area contributed by atoms with E-state index >= 15 is 0 Å². The lowest BCUT2D eigenvalue weighted by molar-refractivity contribution is 0.145. The SMILES string of the molecule is N[C@@H](c1cccc(-c2ccccc2)c1)[C@H](O)Cc1ccccc1. The fourth-order valence-corrected chi connectivity index (χ4v) is 2.76. The zero-order chi connectivity index (χ0) is 16.1. The smallest absolute Gasteiger partial charge is 0.0773 e. The Bertz CT molecular complexity index is 740. The standard InChI is InChI=1S/C21H21NO/c22-21(20(23)14-16-8-3-1-4-9-16)19-13-7-12-18(15-19)17-10-5-2-6-11-17/h1-13,15,20-21,23H,14,22H2/t20-,21+/m1/s1. The van der Waals surface area contributed by atoms with E-state index < -0.39 is 12.1 Å². The fraction of sp³-hybridized carbons (Fsp3) is 0.143. The molecule has 0 bridgehead atoms. The Morgan fingerprint density at radius 2 is 1.35 bits per heavy atom. The predicted molar refractivity (Wildman–Crippen MR) is 95.0 cm³/mol. The van der Waals surface area contributed by atoms with Crippen molar-refractivity contribution in [3.63, 3.8) is 0 Å². The molecule has 0 aromatic heterocycles. The van der Waals surface area contributed by atoms with Gasteiger partial charge in [-0.1, -0.05) is 78.9 Å². The predicted octanol–water partition coefficient (Wildman–Crippen LogP) is 3.96. The molecule has 0 saturated heterocycles. The third kappa shape index (κ3) is 3.86. The minimum atomic E-state index is -0.608. The molecular formula is C21H21NO. The van der Waals surface area contributed by atoms with Crippen LogP contribution in [-0.2, 0) is 6.42 Å². The van der Waals surface area contributed by atoms with E-state index in [1.54, 1.807) is 0 Å². The van der Waals surface area contributed by atoms with Crippen molar-refractivity contribution in [2.24, 2.45) is 5.73 Å². The van der Waals surface area contributed by atoms with Gasteiger partial charge < -0.3 is 10.8 Å². The van der Waals surface area contributed by atoms with Gasteiger partial charge in [-0.3, -0.25) is 0 Å². The molecule has 2 atom stereocenters. The summed E-state index contributed by atoms with van der Waals surface area (Å²) in [5, 5.41) is 10.5. The molecule has 0 radical (unpaired) electrons. The molecular weight excluding hydrogens is 282 g/mol. The van der Waals surface area contributed by atoms with Gasteiger partial charge in [-0.2, -0.15) is 0 Å². The van der Waals surface area contributed by atoms with E-state index in [9.17, 15) is 5.11 Å². The van der Waals surface area contributed by atoms with Gasteiger partial charge in [-0.25, -0.2) is 0 Å². The second kappa shape index (κ2) is 7.23. The van der Waals surface area contributed by atoms with Crippen LogP contribution in [0.5, 0.6) is 0 Å². The highest BCUT2D eigenvalue weighted by Gasteiger charge is 2.17. The second-order valence-corrected chi connectivity index (χ2v) is 5.77. The maximum atomic E-state index is 10.5. The number of rotatable bonds is 5. The Morgan fingerprint density at radius 1 is 0.739 bits per heavy atom. The molecule has 0 amide bonds. The zero-order valence-electron chi connectivity index (χ0n) is 13.0. The van der Waals surface area contributed by atoms with Crippen LogP contribution in [0.25, 0.3) is 11.1 Å². The van der Waals surface area contributed by atoms with Crippen molar-refractivity contribution in [2.75, 3.05) is 0 Å². The summed E-state index contributed by atoms with van der Waals surface area (Å²) in [4.78, 5) is 0. The van der Waals surface area contributed by atoms with Gasteiger partial charge >= 0.3 is 0 Å². The zero-order valence-corrected chi connectivity index (χ0v) is 13.0. The van der Waals surface area contributed by atoms with E-state index in [-0.39, 0.29) is 0 Å². The first-order valence-electron chi connectivity index (χ1n) is 7.87. The van der Waals surface area contributed by atoms with Crippen LogP contribution in [0.2, 0.25) is 0 Å². The third-order valence-corrected chi connectivity index (χ3v) is 4.08. The summed E-state index contributed by atoms with van der Waals surface area (Å²) in [6.45, 7) is 0. The van der Waals surface area contributed by atoms with Crippen molar-refractivity contribution >= 4 is 0 Å². The fourth-order valence-electron chi connectivity index (χ4n) is 2.76. The number of nitrogens with two attached hydrogens (primary N) is 1. The van der Waals surface area contributed by atoms with Crippen LogP contribution in [0.4, 0.5) is 0 Å². The number of aliphatic hydroxyl groups excluding tert-OH is 1. The average molecular weight is 303 g/mol. The average Bonchev–Trinajstić information content (AvgIpc) is 2.63. The van der Waals surface area contributed by atoms with Gasteiger partial charge in [0.05, 0.1) is 12.1 Å². The Labute approximate surface area is 137 Å². The van der Waals surface area contributed by atoms with E-state index in [1.807, 2.05) is 60.7 Å². The lowest BCUT2D eigenvalue weighted by atomic mass is 9.94. The summed E-state index contributed by atoms with van der Waals surface area (Å²) in [6, 6.07) is 27.8. The number of hydrogen-bond donors (Lipinski definition) is 2. The highest BCUT2D eigenvalue weighted by atomic mass is 16.3. The summed E-state index contributed by atoms with van der Waals surface area (Å²) >= 11 is 0. The summed E-state index contributed by atoms with van der Waals surface area (Å²) in [7, 11) is 0. The van der Waals surface area contributed by atoms with Crippen LogP contribution < -0.4 is 5.73 Å². The molecule has 0 aliphatic heterocycles. The maximum Gasteiger partial charge on any atom is 0.0773 e. The van der Waals surface area contributed by atoms with Crippen LogP contribution in [0.1, 0.15) is 17.2 Å². The lowest BCUT2D eigenvalue weighted by Gasteiger charge is -2.20. The molecule has 0 spiro atoms. The van der Waals surface area contributed by atoms with Crippen molar-refractivity contribution in [3.8, 4) is 11.1 Å². The largest absolute Gasteiger partial charge is 0.391 e.